The van der Waals surface area contributed by atoms with Crippen molar-refractivity contribution >= 4 is 12.1 Å². The van der Waals surface area contributed by atoms with Crippen LogP contribution in [0.2, 0.25) is 0 Å². The standard InChI is InChI=1S/C18H20N2O5/c1-22-14-7-5-6-12(10-14)18(21)20-19-11-13-8-9-15(23-2)17(25-4)16(13)24-3/h5-11H,1-4H3,(H,20,21)/b19-11+. The minimum Gasteiger partial charge on any atom is -0.497 e. The molecule has 132 valence electrons. The maximum atomic E-state index is 12.1. The van der Waals surface area contributed by atoms with Crippen molar-refractivity contribution in [2.24, 2.45) is 5.10 Å². The Bertz CT molecular complexity index is 774. The fourth-order valence-electron chi connectivity index (χ4n) is 2.22. The van der Waals surface area contributed by atoms with Crippen LogP contribution in [0.5, 0.6) is 23.0 Å². The van der Waals surface area contributed by atoms with E-state index >= 15 is 0 Å². The van der Waals surface area contributed by atoms with E-state index in [0.29, 0.717) is 34.1 Å². The Hall–Kier alpha value is -3.22. The Balaban J connectivity index is 2.17. The molecule has 1 amide bonds. The molecule has 0 saturated carbocycles. The molecule has 0 aliphatic carbocycles. The molecule has 0 fully saturated rings. The molecule has 1 N–H and O–H groups in total. The maximum absolute atomic E-state index is 12.1. The number of methoxy groups -OCH3 is 4. The molecule has 0 saturated heterocycles. The van der Waals surface area contributed by atoms with Crippen molar-refractivity contribution in [1.29, 1.82) is 0 Å². The molecular weight excluding hydrogens is 324 g/mol. The maximum Gasteiger partial charge on any atom is 0.271 e. The quantitative estimate of drug-likeness (QED) is 0.617. The second kappa shape index (κ2) is 8.58. The van der Waals surface area contributed by atoms with Gasteiger partial charge in [0, 0.05) is 11.1 Å². The summed E-state index contributed by atoms with van der Waals surface area (Å²) in [5, 5.41) is 3.97. The number of carbonyl (C=O) groups excluding carboxylic acids is 1. The van der Waals surface area contributed by atoms with Crippen molar-refractivity contribution < 1.29 is 23.7 Å². The number of hydrazone groups is 1. The monoisotopic (exact) mass is 344 g/mol. The summed E-state index contributed by atoms with van der Waals surface area (Å²) >= 11 is 0. The number of nitrogens with zero attached hydrogens (tertiary/aromatic N) is 1. The van der Waals surface area contributed by atoms with Gasteiger partial charge < -0.3 is 18.9 Å². The Kier molecular flexibility index (Phi) is 6.22. The second-order valence-corrected chi connectivity index (χ2v) is 4.85. The van der Waals surface area contributed by atoms with E-state index in [2.05, 4.69) is 10.5 Å². The highest BCUT2D eigenvalue weighted by Crippen LogP contribution is 2.38. The van der Waals surface area contributed by atoms with E-state index < -0.39 is 0 Å². The predicted octanol–water partition coefficient (Wildman–Crippen LogP) is 2.48. The molecule has 0 aliphatic rings. The summed E-state index contributed by atoms with van der Waals surface area (Å²) in [6.07, 6.45) is 1.47. The van der Waals surface area contributed by atoms with E-state index in [1.807, 2.05) is 0 Å². The third-order valence-electron chi connectivity index (χ3n) is 3.44. The Morgan fingerprint density at radius 3 is 2.36 bits per heavy atom. The molecule has 0 aliphatic heterocycles. The van der Waals surface area contributed by atoms with Gasteiger partial charge in [-0.2, -0.15) is 5.10 Å². The van der Waals surface area contributed by atoms with Gasteiger partial charge in [0.25, 0.3) is 5.91 Å². The summed E-state index contributed by atoms with van der Waals surface area (Å²) in [6.45, 7) is 0. The van der Waals surface area contributed by atoms with Gasteiger partial charge in [-0.3, -0.25) is 4.79 Å². The topological polar surface area (TPSA) is 78.4 Å². The Morgan fingerprint density at radius 2 is 1.72 bits per heavy atom. The molecule has 2 aromatic rings. The highest BCUT2D eigenvalue weighted by Gasteiger charge is 2.14. The molecule has 7 heteroatoms. The smallest absolute Gasteiger partial charge is 0.271 e. The molecule has 0 spiro atoms. The summed E-state index contributed by atoms with van der Waals surface area (Å²) in [6, 6.07) is 10.3. The van der Waals surface area contributed by atoms with Gasteiger partial charge in [-0.05, 0) is 30.3 Å². The fraction of sp³-hybridized carbons (Fsp3) is 0.222. The van der Waals surface area contributed by atoms with Crippen LogP contribution in [-0.4, -0.2) is 40.6 Å². The van der Waals surface area contributed by atoms with Crippen LogP contribution in [0.1, 0.15) is 15.9 Å². The minimum absolute atomic E-state index is 0.352. The zero-order valence-electron chi connectivity index (χ0n) is 14.5. The lowest BCUT2D eigenvalue weighted by Gasteiger charge is -2.13. The molecule has 7 nitrogen and oxygen atoms in total. The van der Waals surface area contributed by atoms with Crippen LogP contribution < -0.4 is 24.4 Å². The van der Waals surface area contributed by atoms with Gasteiger partial charge in [0.2, 0.25) is 5.75 Å². The van der Waals surface area contributed by atoms with Crippen molar-refractivity contribution in [2.45, 2.75) is 0 Å². The highest BCUT2D eigenvalue weighted by molar-refractivity contribution is 5.95. The van der Waals surface area contributed by atoms with Crippen molar-refractivity contribution in [2.75, 3.05) is 28.4 Å². The van der Waals surface area contributed by atoms with Crippen LogP contribution in [0.3, 0.4) is 0 Å². The first-order valence-corrected chi connectivity index (χ1v) is 7.41. The first-order valence-electron chi connectivity index (χ1n) is 7.41. The number of nitrogens with one attached hydrogen (secondary N) is 1. The normalized spacial score (nSPS) is 10.4. The Labute approximate surface area is 146 Å². The third kappa shape index (κ3) is 4.20. The van der Waals surface area contributed by atoms with Crippen molar-refractivity contribution in [3.8, 4) is 23.0 Å². The summed E-state index contributed by atoms with van der Waals surface area (Å²) in [5.74, 6) is 1.69. The SMILES string of the molecule is COc1cccc(C(=O)N/N=C/c2ccc(OC)c(OC)c2OC)c1. The number of carbonyl (C=O) groups is 1. The van der Waals surface area contributed by atoms with Crippen LogP contribution in [-0.2, 0) is 0 Å². The van der Waals surface area contributed by atoms with E-state index in [4.69, 9.17) is 18.9 Å². The fourth-order valence-corrected chi connectivity index (χ4v) is 2.22. The van der Waals surface area contributed by atoms with Crippen molar-refractivity contribution in [3.63, 3.8) is 0 Å². The van der Waals surface area contributed by atoms with Crippen molar-refractivity contribution in [1.82, 2.24) is 5.43 Å². The summed E-state index contributed by atoms with van der Waals surface area (Å²) < 4.78 is 21.0. The largest absolute Gasteiger partial charge is 0.497 e. The third-order valence-corrected chi connectivity index (χ3v) is 3.44. The minimum atomic E-state index is -0.352. The van der Waals surface area contributed by atoms with E-state index in [0.717, 1.165) is 0 Å². The first kappa shape index (κ1) is 18.1. The molecular formula is C18H20N2O5. The van der Waals surface area contributed by atoms with Crippen LogP contribution in [0, 0.1) is 0 Å². The van der Waals surface area contributed by atoms with Crippen LogP contribution in [0.25, 0.3) is 0 Å². The molecule has 2 rings (SSSR count). The lowest BCUT2D eigenvalue weighted by Crippen LogP contribution is -2.17. The average Bonchev–Trinajstić information content (AvgIpc) is 2.67. The number of ether oxygens (including phenoxy) is 4. The lowest BCUT2D eigenvalue weighted by atomic mass is 10.2. The van der Waals surface area contributed by atoms with Gasteiger partial charge in [-0.25, -0.2) is 5.43 Å². The molecule has 0 radical (unpaired) electrons. The number of amides is 1. The highest BCUT2D eigenvalue weighted by atomic mass is 16.5. The molecule has 0 bridgehead atoms. The summed E-state index contributed by atoms with van der Waals surface area (Å²) in [5.41, 5.74) is 3.53. The molecule has 0 aromatic heterocycles. The van der Waals surface area contributed by atoms with Gasteiger partial charge >= 0.3 is 0 Å². The zero-order valence-corrected chi connectivity index (χ0v) is 14.5. The molecule has 25 heavy (non-hydrogen) atoms. The first-order chi connectivity index (χ1) is 12.1. The van der Waals surface area contributed by atoms with E-state index in [-0.39, 0.29) is 5.91 Å². The Morgan fingerprint density at radius 1 is 0.960 bits per heavy atom. The van der Waals surface area contributed by atoms with Crippen molar-refractivity contribution in [3.05, 3.63) is 47.5 Å². The molecule has 0 heterocycles. The number of hydrogen-bond acceptors (Lipinski definition) is 6. The summed E-state index contributed by atoms with van der Waals surface area (Å²) in [4.78, 5) is 12.1. The van der Waals surface area contributed by atoms with Gasteiger partial charge in [-0.15, -0.1) is 0 Å². The van der Waals surface area contributed by atoms with Crippen LogP contribution in [0.4, 0.5) is 0 Å². The zero-order chi connectivity index (χ0) is 18.2. The van der Waals surface area contributed by atoms with E-state index in [1.165, 1.54) is 20.4 Å². The molecule has 0 unspecified atom stereocenters. The average molecular weight is 344 g/mol. The van der Waals surface area contributed by atoms with Gasteiger partial charge in [0.05, 0.1) is 34.7 Å². The van der Waals surface area contributed by atoms with Gasteiger partial charge in [0.15, 0.2) is 11.5 Å². The number of hydrogen-bond donors (Lipinski definition) is 1. The van der Waals surface area contributed by atoms with Crippen LogP contribution in [0.15, 0.2) is 41.5 Å². The lowest BCUT2D eigenvalue weighted by molar-refractivity contribution is 0.0955. The predicted molar refractivity (Wildman–Crippen MR) is 94.2 cm³/mol. The summed E-state index contributed by atoms with van der Waals surface area (Å²) in [7, 11) is 6.12. The molecule has 0 atom stereocenters. The van der Waals surface area contributed by atoms with Gasteiger partial charge in [0.1, 0.15) is 5.75 Å². The van der Waals surface area contributed by atoms with E-state index in [9.17, 15) is 4.79 Å². The van der Waals surface area contributed by atoms with Crippen LogP contribution >= 0.6 is 0 Å². The number of rotatable bonds is 7. The number of benzene rings is 2. The second-order valence-electron chi connectivity index (χ2n) is 4.85. The van der Waals surface area contributed by atoms with E-state index in [1.54, 1.807) is 50.6 Å². The van der Waals surface area contributed by atoms with Gasteiger partial charge in [-0.1, -0.05) is 6.07 Å². The molecule has 2 aromatic carbocycles.